The normalized spacial score (nSPS) is 16.6. The van der Waals surface area contributed by atoms with Gasteiger partial charge in [0, 0.05) is 59.1 Å². The molecule has 1 aliphatic rings. The number of hydrogen-bond donors (Lipinski definition) is 0. The second-order valence-electron chi connectivity index (χ2n) is 17.5. The van der Waals surface area contributed by atoms with E-state index in [-0.39, 0.29) is 6.73 Å². The van der Waals surface area contributed by atoms with Gasteiger partial charge in [0.05, 0.1) is 33.9 Å². The minimum absolute atomic E-state index is 0.254. The van der Waals surface area contributed by atoms with Crippen LogP contribution < -0.4 is 0 Å². The van der Waals surface area contributed by atoms with E-state index in [0.29, 0.717) is 43.9 Å². The Bertz CT molecular complexity index is 2420. The molecule has 6 rings (SSSR count). The Morgan fingerprint density at radius 2 is 1.69 bits per heavy atom. The summed E-state index contributed by atoms with van der Waals surface area (Å²) in [5, 5.41) is 15.2. The summed E-state index contributed by atoms with van der Waals surface area (Å²) >= 11 is 0. The van der Waals surface area contributed by atoms with Crippen LogP contribution in [0.1, 0.15) is 49.2 Å². The highest BCUT2D eigenvalue weighted by molar-refractivity contribution is 7.91. The molecule has 3 aromatic heterocycles. The van der Waals surface area contributed by atoms with Crippen LogP contribution in [0.25, 0.3) is 33.2 Å². The van der Waals surface area contributed by atoms with Crippen molar-refractivity contribution in [2.24, 2.45) is 0 Å². The highest BCUT2D eigenvalue weighted by Gasteiger charge is 2.41. The van der Waals surface area contributed by atoms with Gasteiger partial charge in [-0.1, -0.05) is 82.1 Å². The Morgan fingerprint density at radius 1 is 0.982 bits per heavy atom. The zero-order valence-corrected chi connectivity index (χ0v) is 36.8. The molecule has 5 aromatic rings. The molecule has 1 unspecified atom stereocenters. The van der Waals surface area contributed by atoms with E-state index in [1.54, 1.807) is 18.5 Å². The Kier molecular flexibility index (Phi) is 11.7. The summed E-state index contributed by atoms with van der Waals surface area (Å²) in [5.74, 6) is 0.771. The van der Waals surface area contributed by atoms with Crippen molar-refractivity contribution in [3.8, 4) is 17.3 Å². The molecule has 0 saturated heterocycles. The molecule has 0 spiro atoms. The first kappa shape index (κ1) is 40.6. The number of nitrogens with zero attached hydrogens (tertiary/aromatic N) is 6. The standard InChI is InChI=1S/C42H56N6O4SSi2/c1-10-32-12-11-18-42(3,26-32)53(49,50)48-28-35(37-17-19-44-47(37)30-52-21-23-55(7,8)9)40-34(15-13-31(2)41(40)48)25-39-45-36-16-14-33(27-43)24-38(36)46(39)29-51-20-22-54(4,5)6/h11-17,19,24,26,28H,10,18,20-23,25,29-30H2,1-9H3. The second kappa shape index (κ2) is 15.8. The highest BCUT2D eigenvalue weighted by Crippen LogP contribution is 2.41. The van der Waals surface area contributed by atoms with Gasteiger partial charge in [-0.05, 0) is 74.2 Å². The fourth-order valence-corrected chi connectivity index (χ4v) is 10.4. The van der Waals surface area contributed by atoms with Gasteiger partial charge in [-0.3, -0.25) is 0 Å². The highest BCUT2D eigenvalue weighted by atomic mass is 32.2. The lowest BCUT2D eigenvalue weighted by atomic mass is 9.96. The molecule has 55 heavy (non-hydrogen) atoms. The molecule has 10 nitrogen and oxygen atoms in total. The van der Waals surface area contributed by atoms with Gasteiger partial charge in [-0.2, -0.15) is 10.4 Å². The van der Waals surface area contributed by atoms with Crippen LogP contribution >= 0.6 is 0 Å². The number of rotatable bonds is 16. The third-order valence-electron chi connectivity index (χ3n) is 10.5. The van der Waals surface area contributed by atoms with E-state index in [1.165, 1.54) is 3.97 Å². The zero-order chi connectivity index (χ0) is 39.8. The van der Waals surface area contributed by atoms with Crippen molar-refractivity contribution in [1.29, 1.82) is 5.26 Å². The number of aromatic nitrogens is 5. The molecule has 1 aliphatic carbocycles. The van der Waals surface area contributed by atoms with E-state index >= 15 is 8.42 Å². The lowest BCUT2D eigenvalue weighted by Gasteiger charge is -2.29. The number of fused-ring (bicyclic) bond motifs is 2. The van der Waals surface area contributed by atoms with Gasteiger partial charge < -0.3 is 14.0 Å². The first-order valence-corrected chi connectivity index (χ1v) is 28.1. The molecule has 0 amide bonds. The summed E-state index contributed by atoms with van der Waals surface area (Å²) in [7, 11) is -6.58. The number of ether oxygens (including phenoxy) is 2. The van der Waals surface area contributed by atoms with Crippen molar-refractivity contribution >= 4 is 48.1 Å². The maximum atomic E-state index is 15.0. The number of hydrogen-bond acceptors (Lipinski definition) is 7. The number of imidazole rings is 1. The molecule has 0 bridgehead atoms. The predicted molar refractivity (Wildman–Crippen MR) is 228 cm³/mol. The van der Waals surface area contributed by atoms with Crippen LogP contribution in [-0.2, 0) is 39.4 Å². The van der Waals surface area contributed by atoms with Crippen molar-refractivity contribution < 1.29 is 17.9 Å². The first-order valence-electron chi connectivity index (χ1n) is 19.3. The summed E-state index contributed by atoms with van der Waals surface area (Å²) in [6.07, 6.45) is 11.0. The Hall–Kier alpha value is -4.07. The molecule has 292 valence electrons. The van der Waals surface area contributed by atoms with E-state index in [9.17, 15) is 5.26 Å². The number of aryl methyl sites for hydroxylation is 1. The molecular formula is C42H56N6O4SSi2. The minimum atomic E-state index is -3.96. The number of allylic oxidation sites excluding steroid dienone is 3. The summed E-state index contributed by atoms with van der Waals surface area (Å²) < 4.78 is 46.7. The summed E-state index contributed by atoms with van der Waals surface area (Å²) in [6.45, 7) is 21.6. The maximum Gasteiger partial charge on any atom is 0.248 e. The van der Waals surface area contributed by atoms with Crippen molar-refractivity contribution in [3.63, 3.8) is 0 Å². The summed E-state index contributed by atoms with van der Waals surface area (Å²) in [6, 6.07) is 15.9. The molecule has 0 aliphatic heterocycles. The first-order chi connectivity index (χ1) is 25.9. The minimum Gasteiger partial charge on any atom is -0.361 e. The van der Waals surface area contributed by atoms with Gasteiger partial charge in [0.1, 0.15) is 24.0 Å². The number of benzene rings is 2. The molecule has 0 fully saturated rings. The molecule has 13 heteroatoms. The summed E-state index contributed by atoms with van der Waals surface area (Å²) in [5.41, 5.74) is 7.12. The van der Waals surface area contributed by atoms with Gasteiger partial charge in [-0.15, -0.1) is 0 Å². The fraction of sp³-hybridized carbons (Fsp3) is 0.452. The lowest BCUT2D eigenvalue weighted by Crippen LogP contribution is -2.38. The van der Waals surface area contributed by atoms with Gasteiger partial charge in [0.15, 0.2) is 0 Å². The molecule has 1 atom stereocenters. The maximum absolute atomic E-state index is 15.0. The van der Waals surface area contributed by atoms with Crippen LogP contribution in [0.3, 0.4) is 0 Å². The molecule has 0 N–H and O–H groups in total. The van der Waals surface area contributed by atoms with Gasteiger partial charge in [0.25, 0.3) is 0 Å². The fourth-order valence-electron chi connectivity index (χ4n) is 7.09. The van der Waals surface area contributed by atoms with Crippen molar-refractivity contribution in [2.45, 2.75) is 110 Å². The SMILES string of the molecule is CCC1=CC(C)(S(=O)(=O)n2cc(-c3ccnn3COCC[Si](C)(C)C)c3c(Cc4nc5ccc(C#N)cc5n4COCC[Si](C)(C)C)ccc(C)c32)CC=C1. The average Bonchev–Trinajstić information content (AvgIpc) is 3.84. The van der Waals surface area contributed by atoms with Crippen LogP contribution in [0.4, 0.5) is 0 Å². The summed E-state index contributed by atoms with van der Waals surface area (Å²) in [4.78, 5) is 5.09. The van der Waals surface area contributed by atoms with Crippen LogP contribution in [0.5, 0.6) is 0 Å². The average molecular weight is 797 g/mol. The van der Waals surface area contributed by atoms with Crippen molar-refractivity contribution in [2.75, 3.05) is 13.2 Å². The molecule has 0 radical (unpaired) electrons. The van der Waals surface area contributed by atoms with E-state index in [2.05, 4.69) is 61.1 Å². The molecule has 0 saturated carbocycles. The van der Waals surface area contributed by atoms with E-state index < -0.39 is 30.9 Å². The van der Waals surface area contributed by atoms with Gasteiger partial charge in [-0.25, -0.2) is 22.1 Å². The van der Waals surface area contributed by atoms with Crippen LogP contribution in [0.15, 0.2) is 72.6 Å². The van der Waals surface area contributed by atoms with E-state index in [0.717, 1.165) is 68.7 Å². The van der Waals surface area contributed by atoms with Crippen LogP contribution in [0.2, 0.25) is 51.4 Å². The molecule has 2 aromatic carbocycles. The topological polar surface area (TPSA) is 117 Å². The quantitative estimate of drug-likeness (QED) is 0.0722. The number of nitriles is 1. The van der Waals surface area contributed by atoms with Crippen LogP contribution in [0, 0.1) is 18.3 Å². The second-order valence-corrected chi connectivity index (χ2v) is 31.0. The predicted octanol–water partition coefficient (Wildman–Crippen LogP) is 9.48. The third kappa shape index (κ3) is 8.69. The Labute approximate surface area is 328 Å². The van der Waals surface area contributed by atoms with Gasteiger partial charge in [0.2, 0.25) is 10.0 Å². The molecule has 3 heterocycles. The Balaban J connectivity index is 1.52. The van der Waals surface area contributed by atoms with E-state index in [1.807, 2.05) is 67.9 Å². The third-order valence-corrected chi connectivity index (χ3v) is 16.2. The Morgan fingerprint density at radius 3 is 2.36 bits per heavy atom. The lowest BCUT2D eigenvalue weighted by molar-refractivity contribution is 0.0798. The van der Waals surface area contributed by atoms with E-state index in [4.69, 9.17) is 14.5 Å². The smallest absolute Gasteiger partial charge is 0.248 e. The monoisotopic (exact) mass is 796 g/mol. The van der Waals surface area contributed by atoms with Crippen molar-refractivity contribution in [1.82, 2.24) is 23.3 Å². The van der Waals surface area contributed by atoms with Crippen molar-refractivity contribution in [3.05, 3.63) is 95.1 Å². The molecular weight excluding hydrogens is 741 g/mol. The largest absolute Gasteiger partial charge is 0.361 e. The zero-order valence-electron chi connectivity index (χ0n) is 33.9. The van der Waals surface area contributed by atoms with Gasteiger partial charge >= 0.3 is 0 Å². The van der Waals surface area contributed by atoms with Crippen LogP contribution in [-0.4, -0.2) is 65.8 Å².